The minimum Gasteiger partial charge on any atom is -0.369 e. The number of carbonyl (C=O) groups excluding carboxylic acids is 1. The third kappa shape index (κ3) is 4.97. The van der Waals surface area contributed by atoms with Gasteiger partial charge in [0.25, 0.3) is 0 Å². The number of anilines is 1. The van der Waals surface area contributed by atoms with Crippen molar-refractivity contribution in [2.24, 2.45) is 0 Å². The lowest BCUT2D eigenvalue weighted by Gasteiger charge is -2.34. The molecular formula is C20H21ClN2O3S. The Kier molecular flexibility index (Phi) is 5.99. The normalized spacial score (nSPS) is 16.0. The zero-order valence-electron chi connectivity index (χ0n) is 15.0. The number of Topliss-reactive ketones (excluding diaryl/α,β-unsaturated/α-hetero) is 1. The number of piperazine rings is 1. The Morgan fingerprint density at radius 1 is 0.963 bits per heavy atom. The highest BCUT2D eigenvalue weighted by molar-refractivity contribution is 7.92. The van der Waals surface area contributed by atoms with Crippen molar-refractivity contribution >= 4 is 39.2 Å². The summed E-state index contributed by atoms with van der Waals surface area (Å²) in [6, 6.07) is 14.4. The Morgan fingerprint density at radius 3 is 2.11 bits per heavy atom. The molecule has 1 heterocycles. The second-order valence-electron chi connectivity index (χ2n) is 6.39. The van der Waals surface area contributed by atoms with Gasteiger partial charge in [-0.2, -0.15) is 4.31 Å². The summed E-state index contributed by atoms with van der Waals surface area (Å²) in [4.78, 5) is 13.5. The Morgan fingerprint density at radius 2 is 1.56 bits per heavy atom. The zero-order chi connectivity index (χ0) is 19.4. The SMILES string of the molecule is CC(=O)c1ccc(N2CCN(S(=O)(=O)/C=C/c3ccc(Cl)cc3)CC2)cc1. The molecule has 1 aliphatic heterocycles. The molecule has 0 radical (unpaired) electrons. The first-order chi connectivity index (χ1) is 12.8. The third-order valence-corrected chi connectivity index (χ3v) is 6.36. The first kappa shape index (κ1) is 19.6. The number of hydrogen-bond acceptors (Lipinski definition) is 4. The molecule has 5 nitrogen and oxygen atoms in total. The van der Waals surface area contributed by atoms with Gasteiger partial charge in [0.15, 0.2) is 5.78 Å². The number of halogens is 1. The summed E-state index contributed by atoms with van der Waals surface area (Å²) in [7, 11) is -3.47. The van der Waals surface area contributed by atoms with E-state index in [0.29, 0.717) is 36.8 Å². The monoisotopic (exact) mass is 404 g/mol. The van der Waals surface area contributed by atoms with Crippen molar-refractivity contribution < 1.29 is 13.2 Å². The summed E-state index contributed by atoms with van der Waals surface area (Å²) < 4.78 is 26.6. The number of ketones is 1. The maximum atomic E-state index is 12.5. The summed E-state index contributed by atoms with van der Waals surface area (Å²) in [5, 5.41) is 1.86. The van der Waals surface area contributed by atoms with Crippen molar-refractivity contribution in [3.05, 3.63) is 70.1 Å². The van der Waals surface area contributed by atoms with Crippen molar-refractivity contribution in [3.8, 4) is 0 Å². The molecule has 0 aromatic heterocycles. The lowest BCUT2D eigenvalue weighted by molar-refractivity contribution is 0.101. The van der Waals surface area contributed by atoms with Crippen LogP contribution in [0.2, 0.25) is 5.02 Å². The van der Waals surface area contributed by atoms with E-state index < -0.39 is 10.0 Å². The molecule has 27 heavy (non-hydrogen) atoms. The molecule has 1 fully saturated rings. The van der Waals surface area contributed by atoms with E-state index in [2.05, 4.69) is 4.90 Å². The van der Waals surface area contributed by atoms with E-state index in [4.69, 9.17) is 11.6 Å². The van der Waals surface area contributed by atoms with Crippen LogP contribution < -0.4 is 4.90 Å². The van der Waals surface area contributed by atoms with Gasteiger partial charge in [-0.05, 0) is 55.0 Å². The maximum absolute atomic E-state index is 12.5. The molecule has 0 N–H and O–H groups in total. The van der Waals surface area contributed by atoms with Crippen LogP contribution in [0.25, 0.3) is 6.08 Å². The predicted octanol–water partition coefficient (Wildman–Crippen LogP) is 3.67. The lowest BCUT2D eigenvalue weighted by atomic mass is 10.1. The smallest absolute Gasteiger partial charge is 0.236 e. The third-order valence-electron chi connectivity index (χ3n) is 4.54. The van der Waals surface area contributed by atoms with Gasteiger partial charge >= 0.3 is 0 Å². The van der Waals surface area contributed by atoms with Gasteiger partial charge in [0, 0.05) is 47.9 Å². The molecule has 0 unspecified atom stereocenters. The van der Waals surface area contributed by atoms with Crippen LogP contribution in [0, 0.1) is 0 Å². The maximum Gasteiger partial charge on any atom is 0.236 e. The topological polar surface area (TPSA) is 57.7 Å². The van der Waals surface area contributed by atoms with Gasteiger partial charge in [-0.15, -0.1) is 0 Å². The van der Waals surface area contributed by atoms with Crippen LogP contribution in [0.15, 0.2) is 53.9 Å². The van der Waals surface area contributed by atoms with Gasteiger partial charge in [-0.3, -0.25) is 4.79 Å². The van der Waals surface area contributed by atoms with Crippen LogP contribution in [-0.4, -0.2) is 44.7 Å². The van der Waals surface area contributed by atoms with Crippen molar-refractivity contribution in [2.45, 2.75) is 6.92 Å². The number of benzene rings is 2. The fourth-order valence-corrected chi connectivity index (χ4v) is 4.23. The molecule has 0 bridgehead atoms. The van der Waals surface area contributed by atoms with E-state index >= 15 is 0 Å². The summed E-state index contributed by atoms with van der Waals surface area (Å²) in [5.74, 6) is 0.0323. The van der Waals surface area contributed by atoms with Crippen LogP contribution in [0.3, 0.4) is 0 Å². The predicted molar refractivity (Wildman–Crippen MR) is 110 cm³/mol. The minimum atomic E-state index is -3.47. The zero-order valence-corrected chi connectivity index (χ0v) is 16.6. The second-order valence-corrected chi connectivity index (χ2v) is 8.64. The van der Waals surface area contributed by atoms with E-state index in [0.717, 1.165) is 11.3 Å². The van der Waals surface area contributed by atoms with Gasteiger partial charge in [0.2, 0.25) is 10.0 Å². The molecule has 0 saturated carbocycles. The average molecular weight is 405 g/mol. The minimum absolute atomic E-state index is 0.0323. The average Bonchev–Trinajstić information content (AvgIpc) is 2.68. The lowest BCUT2D eigenvalue weighted by Crippen LogP contribution is -2.48. The standard InChI is InChI=1S/C20H21ClN2O3S/c1-16(24)18-4-8-20(9-5-18)22-11-13-23(14-12-22)27(25,26)15-10-17-2-6-19(21)7-3-17/h2-10,15H,11-14H2,1H3/b15-10+. The molecule has 3 rings (SSSR count). The molecular weight excluding hydrogens is 384 g/mol. The quantitative estimate of drug-likeness (QED) is 0.713. The first-order valence-corrected chi connectivity index (χ1v) is 10.5. The van der Waals surface area contributed by atoms with Crippen molar-refractivity contribution in [2.75, 3.05) is 31.1 Å². The van der Waals surface area contributed by atoms with Crippen molar-refractivity contribution in [3.63, 3.8) is 0 Å². The highest BCUT2D eigenvalue weighted by atomic mass is 35.5. The molecule has 0 spiro atoms. The highest BCUT2D eigenvalue weighted by Crippen LogP contribution is 2.20. The van der Waals surface area contributed by atoms with Gasteiger partial charge in [-0.25, -0.2) is 8.42 Å². The van der Waals surface area contributed by atoms with E-state index in [1.165, 1.54) is 16.6 Å². The summed E-state index contributed by atoms with van der Waals surface area (Å²) in [6.45, 7) is 3.58. The molecule has 7 heteroatoms. The molecule has 0 amide bonds. The van der Waals surface area contributed by atoms with E-state index in [9.17, 15) is 13.2 Å². The molecule has 2 aromatic carbocycles. The Balaban J connectivity index is 1.62. The fourth-order valence-electron chi connectivity index (χ4n) is 2.93. The van der Waals surface area contributed by atoms with Crippen LogP contribution in [-0.2, 0) is 10.0 Å². The Labute approximate surface area is 164 Å². The Hall–Kier alpha value is -2.15. The number of hydrogen-bond donors (Lipinski definition) is 0. The van der Waals surface area contributed by atoms with E-state index in [-0.39, 0.29) is 5.78 Å². The highest BCUT2D eigenvalue weighted by Gasteiger charge is 2.25. The molecule has 142 valence electrons. The molecule has 0 aliphatic carbocycles. The number of rotatable bonds is 5. The van der Waals surface area contributed by atoms with E-state index in [1.54, 1.807) is 42.5 Å². The fraction of sp³-hybridized carbons (Fsp3) is 0.250. The van der Waals surface area contributed by atoms with Crippen LogP contribution in [0.1, 0.15) is 22.8 Å². The van der Waals surface area contributed by atoms with Crippen LogP contribution in [0.4, 0.5) is 5.69 Å². The van der Waals surface area contributed by atoms with Gasteiger partial charge < -0.3 is 4.90 Å². The van der Waals surface area contributed by atoms with Crippen molar-refractivity contribution in [1.29, 1.82) is 0 Å². The Bertz CT molecular complexity index is 930. The molecule has 0 atom stereocenters. The van der Waals surface area contributed by atoms with Crippen LogP contribution in [0.5, 0.6) is 0 Å². The molecule has 1 aliphatic rings. The first-order valence-electron chi connectivity index (χ1n) is 8.65. The molecule has 1 saturated heterocycles. The number of sulfonamides is 1. The van der Waals surface area contributed by atoms with Gasteiger partial charge in [-0.1, -0.05) is 23.7 Å². The van der Waals surface area contributed by atoms with E-state index in [1.807, 2.05) is 12.1 Å². The van der Waals surface area contributed by atoms with Gasteiger partial charge in [0.05, 0.1) is 0 Å². The van der Waals surface area contributed by atoms with Crippen LogP contribution >= 0.6 is 11.6 Å². The number of nitrogens with zero attached hydrogens (tertiary/aromatic N) is 2. The summed E-state index contributed by atoms with van der Waals surface area (Å²) in [6.07, 6.45) is 1.58. The summed E-state index contributed by atoms with van der Waals surface area (Å²) in [5.41, 5.74) is 2.45. The van der Waals surface area contributed by atoms with Crippen molar-refractivity contribution in [1.82, 2.24) is 4.31 Å². The summed E-state index contributed by atoms with van der Waals surface area (Å²) >= 11 is 5.84. The second kappa shape index (κ2) is 8.25. The molecule has 2 aromatic rings. The number of carbonyl (C=O) groups is 1. The van der Waals surface area contributed by atoms with Gasteiger partial charge in [0.1, 0.15) is 0 Å². The largest absolute Gasteiger partial charge is 0.369 e.